The predicted octanol–water partition coefficient (Wildman–Crippen LogP) is 2.04. The maximum Gasteiger partial charge on any atom is 0.317 e. The van der Waals surface area contributed by atoms with Crippen LogP contribution in [0, 0.1) is 0 Å². The molecule has 2 unspecified atom stereocenters. The van der Waals surface area contributed by atoms with Crippen LogP contribution in [0.4, 0.5) is 8.78 Å². The van der Waals surface area contributed by atoms with Crippen LogP contribution in [-0.2, 0) is 9.47 Å². The van der Waals surface area contributed by atoms with E-state index in [0.29, 0.717) is 6.61 Å². The summed E-state index contributed by atoms with van der Waals surface area (Å²) in [5, 5.41) is 0. The molecule has 4 heteroatoms. The molecule has 0 amide bonds. The van der Waals surface area contributed by atoms with Crippen molar-refractivity contribution < 1.29 is 18.3 Å². The lowest BCUT2D eigenvalue weighted by Crippen LogP contribution is -2.18. The normalized spacial score (nSPS) is 36.3. The third kappa shape index (κ3) is 5.09. The minimum absolute atomic E-state index is 0.106. The number of halogens is 2. The summed E-state index contributed by atoms with van der Waals surface area (Å²) in [6.07, 6.45) is -0.106. The van der Waals surface area contributed by atoms with Crippen molar-refractivity contribution in [1.82, 2.24) is 0 Å². The van der Waals surface area contributed by atoms with Gasteiger partial charge < -0.3 is 9.47 Å². The Morgan fingerprint density at radius 3 is 2.18 bits per heavy atom. The fraction of sp³-hybridized carbons (Fsp3) is 1.00. The monoisotopic (exact) mass is 168 g/mol. The Morgan fingerprint density at radius 2 is 2.09 bits per heavy atom. The smallest absolute Gasteiger partial charge is 0.317 e. The van der Waals surface area contributed by atoms with Crippen molar-refractivity contribution >= 4 is 0 Å². The average Bonchev–Trinajstić information content (AvgIpc) is 2.11. The molecule has 0 bridgehead atoms. The molecule has 0 aromatic rings. The molecule has 1 heterocycles. The van der Waals surface area contributed by atoms with Crippen molar-refractivity contribution in [2.24, 2.45) is 0 Å². The summed E-state index contributed by atoms with van der Waals surface area (Å²) in [6, 6.07) is -1.83. The number of hydrogen-bond donors (Lipinski definition) is 0. The van der Waals surface area contributed by atoms with Gasteiger partial charge >= 0.3 is 6.04 Å². The Balaban J connectivity index is 0.000000292. The van der Waals surface area contributed by atoms with Gasteiger partial charge in [0.2, 0.25) is 0 Å². The van der Waals surface area contributed by atoms with Crippen LogP contribution in [0.5, 0.6) is 0 Å². The zero-order chi connectivity index (χ0) is 8.91. The van der Waals surface area contributed by atoms with E-state index >= 15 is 0 Å². The molecule has 1 saturated heterocycles. The molecule has 0 spiro atoms. The van der Waals surface area contributed by atoms with Crippen molar-refractivity contribution in [2.45, 2.75) is 32.9 Å². The topological polar surface area (TPSA) is 18.5 Å². The minimum Gasteiger partial charge on any atom is -0.321 e. The lowest BCUT2D eigenvalue weighted by molar-refractivity contribution is -0.245. The van der Waals surface area contributed by atoms with Crippen LogP contribution in [0.2, 0.25) is 0 Å². The Labute approximate surface area is 65.5 Å². The second kappa shape index (κ2) is 4.62. The van der Waals surface area contributed by atoms with Crippen molar-refractivity contribution in [3.8, 4) is 0 Å². The summed E-state index contributed by atoms with van der Waals surface area (Å²) in [6.45, 7) is 4.59. The molecule has 11 heavy (non-hydrogen) atoms. The van der Waals surface area contributed by atoms with Gasteiger partial charge in [0.15, 0.2) is 0 Å². The second-order valence-electron chi connectivity index (χ2n) is 2.34. The highest BCUT2D eigenvalue weighted by Gasteiger charge is 2.34. The highest BCUT2D eigenvalue weighted by molar-refractivity contribution is 4.60. The molecule has 1 aliphatic heterocycles. The molecule has 2 atom stereocenters. The number of ether oxygens (including phenoxy) is 2. The second-order valence-corrected chi connectivity index (χ2v) is 2.34. The van der Waals surface area contributed by atoms with Gasteiger partial charge in [0, 0.05) is 6.92 Å². The van der Waals surface area contributed by atoms with Gasteiger partial charge in [0.05, 0.1) is 19.4 Å². The van der Waals surface area contributed by atoms with E-state index in [1.807, 2.05) is 0 Å². The summed E-state index contributed by atoms with van der Waals surface area (Å²) in [4.78, 5) is 0. The van der Waals surface area contributed by atoms with E-state index in [0.717, 1.165) is 0 Å². The number of rotatable bonds is 0. The zero-order valence-corrected chi connectivity index (χ0v) is 7.06. The van der Waals surface area contributed by atoms with Gasteiger partial charge in [-0.1, -0.05) is 0 Å². The van der Waals surface area contributed by atoms with Gasteiger partial charge in [-0.25, -0.2) is 0 Å². The van der Waals surface area contributed by atoms with E-state index < -0.39 is 6.04 Å². The van der Waals surface area contributed by atoms with E-state index in [-0.39, 0.29) is 12.8 Å². The molecule has 1 rings (SSSR count). The maximum absolute atomic E-state index is 12.4. The fourth-order valence-electron chi connectivity index (χ4n) is 0.694. The number of alkyl halides is 2. The molecule has 0 aliphatic carbocycles. The molecule has 0 aromatic carbocycles. The molecular weight excluding hydrogens is 154 g/mol. The summed E-state index contributed by atoms with van der Waals surface area (Å²) in [5.74, 6) is 0. The minimum atomic E-state index is -1.83. The first-order valence-electron chi connectivity index (χ1n) is 3.58. The zero-order valence-electron chi connectivity index (χ0n) is 7.06. The Kier molecular flexibility index (Phi) is 4.52. The summed E-state index contributed by atoms with van der Waals surface area (Å²) >= 11 is 0. The van der Waals surface area contributed by atoms with Crippen LogP contribution >= 0.6 is 0 Å². The highest BCUT2D eigenvalue weighted by atomic mass is 19.2. The quantitative estimate of drug-likeness (QED) is 0.551. The Morgan fingerprint density at radius 1 is 1.64 bits per heavy atom. The van der Waals surface area contributed by atoms with Gasteiger partial charge in [-0.3, -0.25) is 4.39 Å². The van der Waals surface area contributed by atoms with Gasteiger partial charge in [-0.15, -0.1) is 0 Å². The summed E-state index contributed by atoms with van der Waals surface area (Å²) in [5.41, 5.74) is 0. The largest absolute Gasteiger partial charge is 0.321 e. The van der Waals surface area contributed by atoms with Crippen molar-refractivity contribution in [3.05, 3.63) is 0 Å². The van der Waals surface area contributed by atoms with Gasteiger partial charge in [0.1, 0.15) is 0 Å². The molecule has 1 aliphatic rings. The molecule has 1 fully saturated rings. The van der Waals surface area contributed by atoms with Crippen LogP contribution in [0.3, 0.4) is 0 Å². The van der Waals surface area contributed by atoms with Crippen LogP contribution in [0.1, 0.15) is 20.8 Å². The lowest BCUT2D eigenvalue weighted by atomic mass is 10.5. The van der Waals surface area contributed by atoms with Gasteiger partial charge in [-0.05, 0) is 13.8 Å². The standard InChI is InChI=1S/C5H9FO2.C2H5F/c1-4-3-7-5(2,6)8-4;1-2-3/h4H,3H2,1-2H3;2H2,1H3. The number of hydrogen-bond acceptors (Lipinski definition) is 2. The lowest BCUT2D eigenvalue weighted by Gasteiger charge is -2.09. The molecule has 0 radical (unpaired) electrons. The molecule has 0 N–H and O–H groups in total. The third-order valence-electron chi connectivity index (χ3n) is 0.988. The van der Waals surface area contributed by atoms with Crippen LogP contribution in [-0.4, -0.2) is 25.4 Å². The maximum atomic E-state index is 12.4. The van der Waals surface area contributed by atoms with E-state index in [4.69, 9.17) is 0 Å². The van der Waals surface area contributed by atoms with E-state index in [1.165, 1.54) is 13.8 Å². The van der Waals surface area contributed by atoms with E-state index in [9.17, 15) is 8.78 Å². The van der Waals surface area contributed by atoms with E-state index in [2.05, 4.69) is 9.47 Å². The van der Waals surface area contributed by atoms with Crippen LogP contribution in [0.15, 0.2) is 0 Å². The SMILES string of the molecule is CC1COC(C)(F)O1.CCF. The summed E-state index contributed by atoms with van der Waals surface area (Å²) in [7, 11) is 0. The summed E-state index contributed by atoms with van der Waals surface area (Å²) < 4.78 is 31.9. The average molecular weight is 168 g/mol. The Bertz CT molecular complexity index is 107. The van der Waals surface area contributed by atoms with Gasteiger partial charge in [0.25, 0.3) is 0 Å². The Hall–Kier alpha value is -0.220. The first-order valence-corrected chi connectivity index (χ1v) is 3.58. The first kappa shape index (κ1) is 10.8. The third-order valence-corrected chi connectivity index (χ3v) is 0.988. The van der Waals surface area contributed by atoms with E-state index in [1.54, 1.807) is 6.92 Å². The molecule has 0 saturated carbocycles. The molecule has 0 aromatic heterocycles. The first-order chi connectivity index (χ1) is 5.02. The van der Waals surface area contributed by atoms with Crippen LogP contribution in [0.25, 0.3) is 0 Å². The van der Waals surface area contributed by atoms with Crippen LogP contribution < -0.4 is 0 Å². The van der Waals surface area contributed by atoms with Crippen molar-refractivity contribution in [2.75, 3.05) is 13.3 Å². The molecule has 68 valence electrons. The highest BCUT2D eigenvalue weighted by Crippen LogP contribution is 2.23. The molecular formula is C7H14F2O2. The molecule has 2 nitrogen and oxygen atoms in total. The fourth-order valence-corrected chi connectivity index (χ4v) is 0.694. The van der Waals surface area contributed by atoms with Crippen molar-refractivity contribution in [3.63, 3.8) is 0 Å². The van der Waals surface area contributed by atoms with Gasteiger partial charge in [-0.2, -0.15) is 4.39 Å². The van der Waals surface area contributed by atoms with Crippen molar-refractivity contribution in [1.29, 1.82) is 0 Å². The predicted molar refractivity (Wildman–Crippen MR) is 37.7 cm³/mol.